The van der Waals surface area contributed by atoms with Crippen molar-refractivity contribution in [2.45, 2.75) is 25.9 Å². The van der Waals surface area contributed by atoms with E-state index in [9.17, 15) is 9.59 Å². The van der Waals surface area contributed by atoms with E-state index in [0.29, 0.717) is 26.1 Å². The van der Waals surface area contributed by atoms with E-state index in [1.807, 2.05) is 81.4 Å². The largest absolute Gasteiger partial charge is 0.325 e. The summed E-state index contributed by atoms with van der Waals surface area (Å²) in [5.41, 5.74) is 5.75. The summed E-state index contributed by atoms with van der Waals surface area (Å²) in [6.07, 6.45) is 0. The van der Waals surface area contributed by atoms with Gasteiger partial charge in [0.15, 0.2) is 5.16 Å². The number of carbonyl (C=O) groups excluding carboxylic acids is 1. The third kappa shape index (κ3) is 5.21. The number of anilines is 1. The first kappa shape index (κ1) is 25.3. The van der Waals surface area contributed by atoms with Gasteiger partial charge in [0.1, 0.15) is 4.70 Å². The second kappa shape index (κ2) is 10.5. The first-order valence-corrected chi connectivity index (χ1v) is 13.9. The fourth-order valence-electron chi connectivity index (χ4n) is 4.03. The van der Waals surface area contributed by atoms with Gasteiger partial charge in [0.25, 0.3) is 5.56 Å². The predicted molar refractivity (Wildman–Crippen MR) is 156 cm³/mol. The molecular weight excluding hydrogens is 522 g/mol. The number of halogens is 1. The van der Waals surface area contributed by atoms with Crippen LogP contribution < -0.4 is 10.9 Å². The van der Waals surface area contributed by atoms with Crippen molar-refractivity contribution in [2.75, 3.05) is 11.1 Å². The maximum absolute atomic E-state index is 13.9. The zero-order chi connectivity index (χ0) is 26.1. The molecule has 8 heteroatoms. The molecule has 1 N–H and O–H groups in total. The van der Waals surface area contributed by atoms with Crippen molar-refractivity contribution in [3.05, 3.63) is 105 Å². The van der Waals surface area contributed by atoms with Gasteiger partial charge in [-0.05, 0) is 67.3 Å². The summed E-state index contributed by atoms with van der Waals surface area (Å²) in [4.78, 5) is 32.6. The Morgan fingerprint density at radius 3 is 2.59 bits per heavy atom. The summed E-state index contributed by atoms with van der Waals surface area (Å²) in [5.74, 6) is -0.114. The summed E-state index contributed by atoms with van der Waals surface area (Å²) in [7, 11) is 0. The highest BCUT2D eigenvalue weighted by Crippen LogP contribution is 2.33. The Kier molecular flexibility index (Phi) is 7.20. The Labute approximate surface area is 228 Å². The molecule has 186 valence electrons. The van der Waals surface area contributed by atoms with Crippen LogP contribution in [0.4, 0.5) is 5.69 Å². The fourth-order valence-corrected chi connectivity index (χ4v) is 6.04. The molecule has 2 aromatic heterocycles. The van der Waals surface area contributed by atoms with Gasteiger partial charge in [-0.3, -0.25) is 14.2 Å². The quantitative estimate of drug-likeness (QED) is 0.178. The van der Waals surface area contributed by atoms with Crippen LogP contribution in [0.15, 0.2) is 82.7 Å². The molecule has 0 aliphatic carbocycles. The number of thiophene rings is 1. The number of aryl methyl sites for hydroxylation is 2. The average Bonchev–Trinajstić information content (AvgIpc) is 3.32. The summed E-state index contributed by atoms with van der Waals surface area (Å²) in [5, 5.41) is 3.99. The second-order valence-corrected chi connectivity index (χ2v) is 11.2. The van der Waals surface area contributed by atoms with E-state index < -0.39 is 0 Å². The monoisotopic (exact) mass is 545 g/mol. The summed E-state index contributed by atoms with van der Waals surface area (Å²) < 4.78 is 2.22. The maximum Gasteiger partial charge on any atom is 0.276 e. The lowest BCUT2D eigenvalue weighted by Crippen LogP contribution is -2.23. The van der Waals surface area contributed by atoms with E-state index in [1.165, 1.54) is 23.1 Å². The Balaban J connectivity index is 1.56. The van der Waals surface area contributed by atoms with E-state index in [1.54, 1.807) is 16.7 Å². The van der Waals surface area contributed by atoms with Crippen LogP contribution in [0.3, 0.4) is 0 Å². The summed E-state index contributed by atoms with van der Waals surface area (Å²) >= 11 is 8.88. The Hall–Kier alpha value is -3.39. The van der Waals surface area contributed by atoms with Crippen LogP contribution >= 0.6 is 34.7 Å². The third-order valence-electron chi connectivity index (χ3n) is 6.06. The maximum atomic E-state index is 13.9. The summed E-state index contributed by atoms with van der Waals surface area (Å²) in [6, 6.07) is 23.3. The van der Waals surface area contributed by atoms with Gasteiger partial charge < -0.3 is 5.32 Å². The van der Waals surface area contributed by atoms with Crippen molar-refractivity contribution in [1.82, 2.24) is 9.55 Å². The Bertz CT molecular complexity index is 1690. The number of hydrogen-bond donors (Lipinski definition) is 1. The van der Waals surface area contributed by atoms with Crippen LogP contribution in [0.25, 0.3) is 26.3 Å². The number of nitrogens with zero attached hydrogens (tertiary/aromatic N) is 2. The normalized spacial score (nSPS) is 11.1. The molecule has 3 aromatic carbocycles. The van der Waals surface area contributed by atoms with Crippen LogP contribution in [0.5, 0.6) is 0 Å². The number of fused-ring (bicyclic) bond motifs is 1. The molecule has 1 amide bonds. The zero-order valence-electron chi connectivity index (χ0n) is 20.5. The van der Waals surface area contributed by atoms with E-state index in [4.69, 9.17) is 16.6 Å². The van der Waals surface area contributed by atoms with Gasteiger partial charge >= 0.3 is 0 Å². The molecule has 5 rings (SSSR count). The molecule has 37 heavy (non-hydrogen) atoms. The molecule has 0 atom stereocenters. The molecule has 0 aliphatic rings. The van der Waals surface area contributed by atoms with Crippen molar-refractivity contribution in [2.24, 2.45) is 0 Å². The number of aromatic nitrogens is 2. The summed E-state index contributed by atoms with van der Waals surface area (Å²) in [6.45, 7) is 5.82. The Morgan fingerprint density at radius 2 is 1.81 bits per heavy atom. The highest BCUT2D eigenvalue weighted by molar-refractivity contribution is 7.99. The van der Waals surface area contributed by atoms with Crippen molar-refractivity contribution in [3.8, 4) is 16.1 Å². The van der Waals surface area contributed by atoms with Gasteiger partial charge in [-0.25, -0.2) is 4.98 Å². The number of hydrogen-bond acceptors (Lipinski definition) is 5. The highest BCUT2D eigenvalue weighted by atomic mass is 35.5. The third-order valence-corrected chi connectivity index (χ3v) is 8.56. The molecule has 0 aliphatic heterocycles. The first-order chi connectivity index (χ1) is 17.8. The SMILES string of the molecule is Cc1ccc(C)c(-n2c(SCC(=O)Nc3cccc(Cl)c3C)nc3cc(-c4ccccc4)sc3c2=O)c1. The minimum absolute atomic E-state index is 0.0877. The van der Waals surface area contributed by atoms with Crippen LogP contribution in [0.1, 0.15) is 16.7 Å². The van der Waals surface area contributed by atoms with Crippen LogP contribution in [-0.2, 0) is 4.79 Å². The molecular formula is C29H24ClN3O2S2. The molecule has 5 nitrogen and oxygen atoms in total. The average molecular weight is 546 g/mol. The fraction of sp³-hybridized carbons (Fsp3) is 0.138. The molecule has 0 saturated heterocycles. The van der Waals surface area contributed by atoms with Crippen LogP contribution in [0, 0.1) is 20.8 Å². The Morgan fingerprint density at radius 1 is 1.03 bits per heavy atom. The lowest BCUT2D eigenvalue weighted by Gasteiger charge is -2.15. The highest BCUT2D eigenvalue weighted by Gasteiger charge is 2.19. The van der Waals surface area contributed by atoms with Crippen molar-refractivity contribution >= 4 is 56.5 Å². The lowest BCUT2D eigenvalue weighted by molar-refractivity contribution is -0.113. The van der Waals surface area contributed by atoms with Crippen molar-refractivity contribution in [1.29, 1.82) is 0 Å². The number of benzene rings is 3. The van der Waals surface area contributed by atoms with Gasteiger partial charge in [0.2, 0.25) is 5.91 Å². The molecule has 0 bridgehead atoms. The zero-order valence-corrected chi connectivity index (χ0v) is 22.9. The van der Waals surface area contributed by atoms with Gasteiger partial charge in [-0.15, -0.1) is 11.3 Å². The number of amides is 1. The van der Waals surface area contributed by atoms with Gasteiger partial charge in [-0.1, -0.05) is 71.9 Å². The topological polar surface area (TPSA) is 64.0 Å². The van der Waals surface area contributed by atoms with Crippen molar-refractivity contribution < 1.29 is 4.79 Å². The standard InChI is InChI=1S/C29H24ClN3O2S2/c1-17-12-13-18(2)24(14-17)33-28(35)27-23(15-25(37-27)20-8-5-4-6-9-20)32-29(33)36-16-26(34)31-22-11-7-10-21(30)19(22)3/h4-15H,16H2,1-3H3,(H,31,34). The molecule has 0 unspecified atom stereocenters. The molecule has 0 fully saturated rings. The van der Waals surface area contributed by atoms with E-state index in [2.05, 4.69) is 5.32 Å². The van der Waals surface area contributed by atoms with Crippen LogP contribution in [0.2, 0.25) is 5.02 Å². The lowest BCUT2D eigenvalue weighted by atomic mass is 10.1. The minimum atomic E-state index is -0.201. The number of thioether (sulfide) groups is 1. The number of rotatable bonds is 6. The van der Waals surface area contributed by atoms with Crippen molar-refractivity contribution in [3.63, 3.8) is 0 Å². The predicted octanol–water partition coefficient (Wildman–Crippen LogP) is 7.42. The van der Waals surface area contributed by atoms with E-state index in [-0.39, 0.29) is 17.2 Å². The minimum Gasteiger partial charge on any atom is -0.325 e. The molecule has 2 heterocycles. The van der Waals surface area contributed by atoms with E-state index in [0.717, 1.165) is 32.8 Å². The molecule has 5 aromatic rings. The number of nitrogens with one attached hydrogen (secondary N) is 1. The number of carbonyl (C=O) groups is 1. The van der Waals surface area contributed by atoms with Gasteiger partial charge in [-0.2, -0.15) is 0 Å². The second-order valence-electron chi connectivity index (χ2n) is 8.77. The molecule has 0 spiro atoms. The smallest absolute Gasteiger partial charge is 0.276 e. The van der Waals surface area contributed by atoms with Gasteiger partial charge in [0.05, 0.1) is 17.0 Å². The first-order valence-electron chi connectivity index (χ1n) is 11.7. The van der Waals surface area contributed by atoms with E-state index >= 15 is 0 Å². The van der Waals surface area contributed by atoms with Gasteiger partial charge in [0, 0.05) is 15.6 Å². The molecule has 0 radical (unpaired) electrons. The molecule has 0 saturated carbocycles. The van der Waals surface area contributed by atoms with Crippen LogP contribution in [-0.4, -0.2) is 21.2 Å².